The van der Waals surface area contributed by atoms with Gasteiger partial charge < -0.3 is 5.32 Å². The van der Waals surface area contributed by atoms with Crippen LogP contribution >= 0.6 is 11.8 Å². The van der Waals surface area contributed by atoms with Crippen LogP contribution in [0.2, 0.25) is 0 Å². The van der Waals surface area contributed by atoms with Gasteiger partial charge in [-0.25, -0.2) is 4.39 Å². The molecule has 0 fully saturated rings. The average Bonchev–Trinajstić information content (AvgIpc) is 2.41. The number of rotatable bonds is 5. The highest BCUT2D eigenvalue weighted by atomic mass is 32.2. The summed E-state index contributed by atoms with van der Waals surface area (Å²) in [5.41, 5.74) is 1.25. The molecule has 0 aromatic heterocycles. The zero-order valence-electron chi connectivity index (χ0n) is 10.3. The predicted octanol–water partition coefficient (Wildman–Crippen LogP) is 4.09. The summed E-state index contributed by atoms with van der Waals surface area (Å²) in [6, 6.07) is 15.1. The van der Waals surface area contributed by atoms with E-state index < -0.39 is 0 Å². The standard InChI is InChI=1S/C15H16FNS/c1-2-17-11-12-7-9-13(10-8-12)18-15-6-4-3-5-14(15)16/h3-10,17H,2,11H2,1H3. The van der Waals surface area contributed by atoms with Crippen LogP contribution in [0.15, 0.2) is 58.3 Å². The summed E-state index contributed by atoms with van der Waals surface area (Å²) in [5.74, 6) is -0.167. The fourth-order valence-corrected chi connectivity index (χ4v) is 2.44. The highest BCUT2D eigenvalue weighted by Gasteiger charge is 2.02. The minimum atomic E-state index is -0.167. The van der Waals surface area contributed by atoms with Crippen LogP contribution in [0.5, 0.6) is 0 Å². The third-order valence-corrected chi connectivity index (χ3v) is 3.63. The van der Waals surface area contributed by atoms with Gasteiger partial charge in [-0.3, -0.25) is 0 Å². The van der Waals surface area contributed by atoms with Crippen molar-refractivity contribution >= 4 is 11.8 Å². The maximum absolute atomic E-state index is 13.5. The number of benzene rings is 2. The van der Waals surface area contributed by atoms with Crippen LogP contribution in [0.25, 0.3) is 0 Å². The second kappa shape index (κ2) is 6.57. The fourth-order valence-electron chi connectivity index (χ4n) is 1.60. The van der Waals surface area contributed by atoms with Crippen LogP contribution in [0.4, 0.5) is 4.39 Å². The summed E-state index contributed by atoms with van der Waals surface area (Å²) in [6.45, 7) is 3.93. The maximum Gasteiger partial charge on any atom is 0.137 e. The summed E-state index contributed by atoms with van der Waals surface area (Å²) in [5, 5.41) is 3.28. The van der Waals surface area contributed by atoms with Crippen molar-refractivity contribution in [2.45, 2.75) is 23.3 Å². The van der Waals surface area contributed by atoms with Crippen LogP contribution in [-0.2, 0) is 6.54 Å². The summed E-state index contributed by atoms with van der Waals surface area (Å²) in [6.07, 6.45) is 0. The third-order valence-electron chi connectivity index (χ3n) is 2.57. The Balaban J connectivity index is 2.04. The quantitative estimate of drug-likeness (QED) is 0.870. The van der Waals surface area contributed by atoms with Crippen molar-refractivity contribution in [1.29, 1.82) is 0 Å². The highest BCUT2D eigenvalue weighted by Crippen LogP contribution is 2.29. The van der Waals surface area contributed by atoms with Crippen molar-refractivity contribution in [3.63, 3.8) is 0 Å². The lowest BCUT2D eigenvalue weighted by Gasteiger charge is -2.05. The molecule has 0 radical (unpaired) electrons. The van der Waals surface area contributed by atoms with Gasteiger partial charge in [0.25, 0.3) is 0 Å². The minimum absolute atomic E-state index is 0.167. The van der Waals surface area contributed by atoms with E-state index in [-0.39, 0.29) is 5.82 Å². The molecular weight excluding hydrogens is 245 g/mol. The minimum Gasteiger partial charge on any atom is -0.313 e. The average molecular weight is 261 g/mol. The molecule has 0 saturated heterocycles. The summed E-state index contributed by atoms with van der Waals surface area (Å²) >= 11 is 1.45. The fraction of sp³-hybridized carbons (Fsp3) is 0.200. The van der Waals surface area contributed by atoms with Crippen LogP contribution in [0, 0.1) is 5.82 Å². The largest absolute Gasteiger partial charge is 0.313 e. The first-order valence-corrected chi connectivity index (χ1v) is 6.83. The van der Waals surface area contributed by atoms with Crippen LogP contribution in [0.3, 0.4) is 0 Å². The zero-order chi connectivity index (χ0) is 12.8. The second-order valence-electron chi connectivity index (χ2n) is 3.96. The first-order chi connectivity index (χ1) is 8.79. The number of hydrogen-bond donors (Lipinski definition) is 1. The van der Waals surface area contributed by atoms with E-state index in [0.29, 0.717) is 4.90 Å². The number of halogens is 1. The third kappa shape index (κ3) is 3.59. The smallest absolute Gasteiger partial charge is 0.137 e. The van der Waals surface area contributed by atoms with E-state index in [1.807, 2.05) is 18.2 Å². The summed E-state index contributed by atoms with van der Waals surface area (Å²) in [4.78, 5) is 1.72. The Labute approximate surface area is 111 Å². The molecule has 2 aromatic rings. The molecule has 2 rings (SSSR count). The Kier molecular flexibility index (Phi) is 4.79. The van der Waals surface area contributed by atoms with Crippen LogP contribution in [-0.4, -0.2) is 6.54 Å². The molecule has 3 heteroatoms. The van der Waals surface area contributed by atoms with Gasteiger partial charge in [0.05, 0.1) is 0 Å². The molecule has 0 aliphatic carbocycles. The van der Waals surface area contributed by atoms with Gasteiger partial charge in [-0.1, -0.05) is 43.0 Å². The monoisotopic (exact) mass is 261 g/mol. The Bertz CT molecular complexity index is 496. The molecular formula is C15H16FNS. The molecule has 0 saturated carbocycles. The SMILES string of the molecule is CCNCc1ccc(Sc2ccccc2F)cc1. The molecule has 0 spiro atoms. The summed E-state index contributed by atoms with van der Waals surface area (Å²) in [7, 11) is 0. The summed E-state index contributed by atoms with van der Waals surface area (Å²) < 4.78 is 13.5. The van der Waals surface area contributed by atoms with E-state index in [0.717, 1.165) is 18.0 Å². The molecule has 1 N–H and O–H groups in total. The maximum atomic E-state index is 13.5. The van der Waals surface area contributed by atoms with Crippen molar-refractivity contribution in [3.8, 4) is 0 Å². The van der Waals surface area contributed by atoms with Gasteiger partial charge in [0.15, 0.2) is 0 Å². The molecule has 2 aromatic carbocycles. The molecule has 0 amide bonds. The molecule has 0 aliphatic rings. The first-order valence-electron chi connectivity index (χ1n) is 6.01. The van der Waals surface area contributed by atoms with E-state index in [1.165, 1.54) is 23.4 Å². The van der Waals surface area contributed by atoms with E-state index in [1.54, 1.807) is 12.1 Å². The Morgan fingerprint density at radius 2 is 1.78 bits per heavy atom. The molecule has 18 heavy (non-hydrogen) atoms. The van der Waals surface area contributed by atoms with Crippen molar-refractivity contribution < 1.29 is 4.39 Å². The van der Waals surface area contributed by atoms with Crippen molar-refractivity contribution in [1.82, 2.24) is 5.32 Å². The van der Waals surface area contributed by atoms with Gasteiger partial charge >= 0.3 is 0 Å². The van der Waals surface area contributed by atoms with E-state index >= 15 is 0 Å². The molecule has 1 nitrogen and oxygen atoms in total. The Morgan fingerprint density at radius 1 is 1.06 bits per heavy atom. The first kappa shape index (κ1) is 13.1. The highest BCUT2D eigenvalue weighted by molar-refractivity contribution is 7.99. The molecule has 0 heterocycles. The molecule has 0 aliphatic heterocycles. The van der Waals surface area contributed by atoms with E-state index in [9.17, 15) is 4.39 Å². The van der Waals surface area contributed by atoms with Gasteiger partial charge in [-0.05, 0) is 36.4 Å². The van der Waals surface area contributed by atoms with Crippen molar-refractivity contribution in [3.05, 3.63) is 59.9 Å². The normalized spacial score (nSPS) is 10.6. The van der Waals surface area contributed by atoms with Gasteiger partial charge in [-0.15, -0.1) is 0 Å². The Morgan fingerprint density at radius 3 is 2.44 bits per heavy atom. The molecule has 94 valence electrons. The number of nitrogens with one attached hydrogen (secondary N) is 1. The second-order valence-corrected chi connectivity index (χ2v) is 5.07. The lowest BCUT2D eigenvalue weighted by Crippen LogP contribution is -2.11. The molecule has 0 atom stereocenters. The molecule has 0 unspecified atom stereocenters. The van der Waals surface area contributed by atoms with Gasteiger partial charge in [0.2, 0.25) is 0 Å². The van der Waals surface area contributed by atoms with Gasteiger partial charge in [0, 0.05) is 16.3 Å². The lowest BCUT2D eigenvalue weighted by atomic mass is 10.2. The van der Waals surface area contributed by atoms with Crippen molar-refractivity contribution in [2.24, 2.45) is 0 Å². The zero-order valence-corrected chi connectivity index (χ0v) is 11.1. The van der Waals surface area contributed by atoms with Crippen LogP contribution < -0.4 is 5.32 Å². The van der Waals surface area contributed by atoms with Gasteiger partial charge in [-0.2, -0.15) is 0 Å². The van der Waals surface area contributed by atoms with E-state index in [2.05, 4.69) is 24.4 Å². The van der Waals surface area contributed by atoms with Crippen LogP contribution in [0.1, 0.15) is 12.5 Å². The molecule has 0 bridgehead atoms. The Hall–Kier alpha value is -1.32. The predicted molar refractivity (Wildman–Crippen MR) is 74.3 cm³/mol. The van der Waals surface area contributed by atoms with Gasteiger partial charge in [0.1, 0.15) is 5.82 Å². The van der Waals surface area contributed by atoms with Crippen molar-refractivity contribution in [2.75, 3.05) is 6.54 Å². The lowest BCUT2D eigenvalue weighted by molar-refractivity contribution is 0.602. The van der Waals surface area contributed by atoms with E-state index in [4.69, 9.17) is 0 Å². The topological polar surface area (TPSA) is 12.0 Å². The number of hydrogen-bond acceptors (Lipinski definition) is 2.